The number of carbonyl (C=O) groups excluding carboxylic acids is 5. The number of esters is 1. The van der Waals surface area contributed by atoms with E-state index in [1.807, 2.05) is 58.0 Å². The molecule has 54 heavy (non-hydrogen) atoms. The van der Waals surface area contributed by atoms with Crippen LogP contribution in [0.25, 0.3) is 0 Å². The van der Waals surface area contributed by atoms with Crippen LogP contribution in [0.2, 0.25) is 0 Å². The molecule has 1 saturated carbocycles. The van der Waals surface area contributed by atoms with E-state index in [2.05, 4.69) is 41.1 Å². The van der Waals surface area contributed by atoms with Gasteiger partial charge in [-0.15, -0.1) is 6.58 Å². The van der Waals surface area contributed by atoms with Gasteiger partial charge in [-0.05, 0) is 35.7 Å². The van der Waals surface area contributed by atoms with Gasteiger partial charge in [-0.2, -0.15) is 13.2 Å². The molecule has 1 aliphatic heterocycles. The molecule has 1 aliphatic carbocycles. The van der Waals surface area contributed by atoms with Crippen molar-refractivity contribution in [3.63, 3.8) is 0 Å². The zero-order chi connectivity index (χ0) is 40.9. The summed E-state index contributed by atoms with van der Waals surface area (Å²) >= 11 is 0.885. The number of benzene rings is 1. The third-order valence-corrected chi connectivity index (χ3v) is 8.72. The number of likely N-dealkylation sites (tertiary alicyclic amines) is 1. The van der Waals surface area contributed by atoms with Gasteiger partial charge in [-0.3, -0.25) is 23.4 Å². The van der Waals surface area contributed by atoms with E-state index in [9.17, 15) is 37.1 Å². The SMILES string of the molecule is C1CC1.C=CCNC(=O)C(=O)C(CCC)NSOCC1CC(C(C)C)CN1C(=O)C(NC(=O)NCC(=O)OCc1ccccc1)C(C)(C)C.CC(F)(F)F. The monoisotopic (exact) mass is 787 g/mol. The predicted octanol–water partition coefficient (Wildman–Crippen LogP) is 6.27. The first kappa shape index (κ1) is 48.4. The maximum absolute atomic E-state index is 14.0. The number of ether oxygens (including phenoxy) is 1. The summed E-state index contributed by atoms with van der Waals surface area (Å²) in [6.07, 6.45) is 3.84. The van der Waals surface area contributed by atoms with Crippen molar-refractivity contribution < 1.29 is 46.1 Å². The second kappa shape index (κ2) is 24.7. The normalized spacial score (nSPS) is 17.4. The van der Waals surface area contributed by atoms with Crippen molar-refractivity contribution in [2.45, 2.75) is 118 Å². The van der Waals surface area contributed by atoms with Crippen molar-refractivity contribution in [1.29, 1.82) is 0 Å². The van der Waals surface area contributed by atoms with Crippen molar-refractivity contribution in [3.05, 3.63) is 48.6 Å². The average molecular weight is 788 g/mol. The van der Waals surface area contributed by atoms with Crippen molar-refractivity contribution in [3.8, 4) is 0 Å². The zero-order valence-electron chi connectivity index (χ0n) is 32.7. The van der Waals surface area contributed by atoms with Gasteiger partial charge < -0.3 is 25.6 Å². The molecule has 12 nitrogen and oxygen atoms in total. The Balaban J connectivity index is 0.00000162. The molecule has 4 amide bonds. The van der Waals surface area contributed by atoms with Gasteiger partial charge in [-0.25, -0.2) is 9.52 Å². The second-order valence-corrected chi connectivity index (χ2v) is 15.3. The van der Waals surface area contributed by atoms with Crippen LogP contribution in [-0.4, -0.2) is 85.0 Å². The molecule has 306 valence electrons. The Hall–Kier alpha value is -3.63. The van der Waals surface area contributed by atoms with Gasteiger partial charge in [0.2, 0.25) is 11.7 Å². The number of rotatable bonds is 18. The number of carbonyl (C=O) groups is 5. The fraction of sp³-hybridized carbons (Fsp3) is 0.658. The highest BCUT2D eigenvalue weighted by Crippen LogP contribution is 2.32. The van der Waals surface area contributed by atoms with E-state index in [-0.39, 0.29) is 51.1 Å². The smallest absolute Gasteiger partial charge is 0.386 e. The summed E-state index contributed by atoms with van der Waals surface area (Å²) in [6, 6.07) is 6.68. The molecular formula is C38H60F3N5O7S. The number of halogens is 3. The van der Waals surface area contributed by atoms with Crippen molar-refractivity contribution >= 4 is 41.8 Å². The Morgan fingerprint density at radius 2 is 1.63 bits per heavy atom. The summed E-state index contributed by atoms with van der Waals surface area (Å²) in [7, 11) is 0. The summed E-state index contributed by atoms with van der Waals surface area (Å²) in [5, 5.41) is 7.78. The number of nitrogens with one attached hydrogen (secondary N) is 4. The number of hydrogen-bond acceptors (Lipinski definition) is 9. The summed E-state index contributed by atoms with van der Waals surface area (Å²) in [5.41, 5.74) is 0.192. The second-order valence-electron chi connectivity index (χ2n) is 14.7. The van der Waals surface area contributed by atoms with Crippen LogP contribution in [-0.2, 0) is 34.7 Å². The Kier molecular flexibility index (Phi) is 22.1. The van der Waals surface area contributed by atoms with Gasteiger partial charge in [0.1, 0.15) is 19.2 Å². The molecule has 0 spiro atoms. The van der Waals surface area contributed by atoms with Crippen LogP contribution in [0.15, 0.2) is 43.0 Å². The van der Waals surface area contributed by atoms with E-state index in [0.29, 0.717) is 31.7 Å². The van der Waals surface area contributed by atoms with E-state index in [0.717, 1.165) is 17.8 Å². The van der Waals surface area contributed by atoms with Crippen LogP contribution >= 0.6 is 12.2 Å². The Morgan fingerprint density at radius 3 is 2.15 bits per heavy atom. The standard InChI is InChI=1S/C33H51N5O7S.C3H6.C2H3F3/c1-8-13-26(28(40)30(41)34-16-9-2)37-46-45-21-25-17-24(22(3)4)19-38(25)31(42)29(33(5,6)7)36-32(43)35-18-27(39)44-20-23-14-11-10-12-15-23;1-2-3-1;1-2(3,4)5/h9-12,14-15,22,24-26,29,37H,2,8,13,16-21H2,1,3-7H3,(H,34,41)(H2,35,36,43);1-3H2;1H3. The minimum absolute atomic E-state index is 0.0932. The number of alkyl halides is 3. The van der Waals surface area contributed by atoms with Gasteiger partial charge in [0.15, 0.2) is 0 Å². The van der Waals surface area contributed by atoms with Crippen molar-refractivity contribution in [2.75, 3.05) is 26.2 Å². The molecule has 4 atom stereocenters. The molecule has 16 heteroatoms. The van der Waals surface area contributed by atoms with Crippen molar-refractivity contribution in [2.24, 2.45) is 17.3 Å². The van der Waals surface area contributed by atoms with Gasteiger partial charge >= 0.3 is 18.2 Å². The highest BCUT2D eigenvalue weighted by molar-refractivity contribution is 7.92. The lowest BCUT2D eigenvalue weighted by atomic mass is 9.85. The molecule has 1 heterocycles. The third kappa shape index (κ3) is 21.3. The number of Topliss-reactive ketones (excluding diaryl/α,β-unsaturated/α-hetero) is 1. The maximum atomic E-state index is 14.0. The van der Waals surface area contributed by atoms with Gasteiger partial charge in [0, 0.05) is 20.0 Å². The molecule has 4 unspecified atom stereocenters. The lowest BCUT2D eigenvalue weighted by Crippen LogP contribution is -2.58. The van der Waals surface area contributed by atoms with Gasteiger partial charge in [0.25, 0.3) is 5.91 Å². The first-order valence-electron chi connectivity index (χ1n) is 18.4. The largest absolute Gasteiger partial charge is 0.460 e. The van der Waals surface area contributed by atoms with E-state index < -0.39 is 47.4 Å². The van der Waals surface area contributed by atoms with E-state index in [1.165, 1.54) is 25.3 Å². The first-order chi connectivity index (χ1) is 25.3. The summed E-state index contributed by atoms with van der Waals surface area (Å²) in [4.78, 5) is 65.5. The minimum atomic E-state index is -4.00. The molecular weight excluding hydrogens is 728 g/mol. The highest BCUT2D eigenvalue weighted by atomic mass is 32.2. The van der Waals surface area contributed by atoms with Crippen LogP contribution in [0.1, 0.15) is 92.6 Å². The Bertz CT molecular complexity index is 1320. The van der Waals surface area contributed by atoms with Gasteiger partial charge in [-0.1, -0.05) is 104 Å². The van der Waals surface area contributed by atoms with Crippen LogP contribution in [0.3, 0.4) is 0 Å². The number of hydrogen-bond donors (Lipinski definition) is 4. The third-order valence-electron chi connectivity index (χ3n) is 8.08. The van der Waals surface area contributed by atoms with E-state index >= 15 is 0 Å². The van der Waals surface area contributed by atoms with Crippen LogP contribution in [0.5, 0.6) is 0 Å². The average Bonchev–Trinajstić information content (AvgIpc) is 3.93. The Morgan fingerprint density at radius 1 is 1.02 bits per heavy atom. The first-order valence-corrected chi connectivity index (χ1v) is 19.1. The molecule has 2 aliphatic rings. The molecule has 0 aromatic heterocycles. The molecule has 3 rings (SSSR count). The topological polar surface area (TPSA) is 155 Å². The summed E-state index contributed by atoms with van der Waals surface area (Å²) in [5.74, 6) is -1.57. The number of amides is 4. The van der Waals surface area contributed by atoms with Crippen LogP contribution in [0, 0.1) is 17.3 Å². The van der Waals surface area contributed by atoms with Crippen LogP contribution in [0.4, 0.5) is 18.0 Å². The number of urea groups is 1. The molecule has 0 bridgehead atoms. The minimum Gasteiger partial charge on any atom is -0.460 e. The summed E-state index contributed by atoms with van der Waals surface area (Å²) < 4.78 is 45.1. The molecule has 1 aromatic rings. The molecule has 2 fully saturated rings. The van der Waals surface area contributed by atoms with Crippen LogP contribution < -0.4 is 20.7 Å². The predicted molar refractivity (Wildman–Crippen MR) is 204 cm³/mol. The summed E-state index contributed by atoms with van der Waals surface area (Å²) in [6.45, 7) is 16.1. The lowest BCUT2D eigenvalue weighted by molar-refractivity contribution is -0.143. The number of nitrogens with zero attached hydrogens (tertiary/aromatic N) is 1. The van der Waals surface area contributed by atoms with E-state index in [1.54, 1.807) is 4.90 Å². The maximum Gasteiger partial charge on any atom is 0.386 e. The molecule has 1 aromatic carbocycles. The molecule has 0 radical (unpaired) electrons. The fourth-order valence-corrected chi connectivity index (χ4v) is 5.58. The number of ketones is 1. The fourth-order valence-electron chi connectivity index (χ4n) is 4.95. The Labute approximate surface area is 322 Å². The van der Waals surface area contributed by atoms with Crippen molar-refractivity contribution in [1.82, 2.24) is 25.6 Å². The highest BCUT2D eigenvalue weighted by Gasteiger charge is 2.43. The zero-order valence-corrected chi connectivity index (χ0v) is 33.5. The lowest BCUT2D eigenvalue weighted by Gasteiger charge is -2.35. The van der Waals surface area contributed by atoms with E-state index in [4.69, 9.17) is 8.92 Å². The quantitative estimate of drug-likeness (QED) is 0.0337. The van der Waals surface area contributed by atoms with Gasteiger partial charge in [0.05, 0.1) is 30.9 Å². The molecule has 1 saturated heterocycles. The molecule has 4 N–H and O–H groups in total.